The summed E-state index contributed by atoms with van der Waals surface area (Å²) in [5, 5.41) is 0. The van der Waals surface area contributed by atoms with E-state index >= 15 is 0 Å². The van der Waals surface area contributed by atoms with Crippen molar-refractivity contribution in [2.45, 2.75) is 33.6 Å². The van der Waals surface area contributed by atoms with Gasteiger partial charge in [-0.3, -0.25) is 0 Å². The van der Waals surface area contributed by atoms with Crippen LogP contribution in [0.25, 0.3) is 0 Å². The van der Waals surface area contributed by atoms with E-state index in [0.717, 1.165) is 18.4 Å². The summed E-state index contributed by atoms with van der Waals surface area (Å²) in [4.78, 5) is 0. The Morgan fingerprint density at radius 1 is 1.27 bits per heavy atom. The summed E-state index contributed by atoms with van der Waals surface area (Å²) in [6.07, 6.45) is 2.48. The predicted octanol–water partition coefficient (Wildman–Crippen LogP) is 2.33. The Balaban J connectivity index is 2.67. The number of rotatable bonds is 1. The van der Waals surface area contributed by atoms with Gasteiger partial charge in [0.2, 0.25) is 0 Å². The maximum Gasteiger partial charge on any atom is -0.00431 e. The van der Waals surface area contributed by atoms with Crippen molar-refractivity contribution in [2.75, 3.05) is 6.54 Å². The molecule has 0 aliphatic heterocycles. The average molecular weight is 153 g/mol. The Morgan fingerprint density at radius 2 is 1.82 bits per heavy atom. The minimum Gasteiger partial charge on any atom is -0.330 e. The molecule has 0 bridgehead atoms. The van der Waals surface area contributed by atoms with Crippen LogP contribution in [0.1, 0.15) is 33.6 Å². The minimum atomic E-state index is 0.735. The highest BCUT2D eigenvalue weighted by molar-refractivity contribution is 5.14. The summed E-state index contributed by atoms with van der Waals surface area (Å²) >= 11 is 0. The summed E-state index contributed by atoms with van der Waals surface area (Å²) in [7, 11) is 0. The maximum atomic E-state index is 5.68. The largest absolute Gasteiger partial charge is 0.330 e. The first-order chi connectivity index (χ1) is 5.15. The van der Waals surface area contributed by atoms with Gasteiger partial charge in [-0.05, 0) is 45.1 Å². The molecule has 0 heterocycles. The van der Waals surface area contributed by atoms with Crippen LogP contribution in [0.2, 0.25) is 0 Å². The lowest BCUT2D eigenvalue weighted by atomic mass is 9.78. The minimum absolute atomic E-state index is 0.735. The molecule has 0 aromatic carbocycles. The molecule has 1 aliphatic carbocycles. The fourth-order valence-electron chi connectivity index (χ4n) is 1.91. The van der Waals surface area contributed by atoms with Crippen molar-refractivity contribution in [3.63, 3.8) is 0 Å². The molecule has 1 rings (SSSR count). The Bertz CT molecular complexity index is 170. The lowest BCUT2D eigenvalue weighted by Crippen LogP contribution is -2.25. The molecule has 0 aromatic rings. The molecule has 0 fully saturated rings. The molecular weight excluding hydrogens is 134 g/mol. The zero-order chi connectivity index (χ0) is 8.43. The highest BCUT2D eigenvalue weighted by Gasteiger charge is 2.21. The van der Waals surface area contributed by atoms with E-state index in [1.54, 1.807) is 11.1 Å². The van der Waals surface area contributed by atoms with Gasteiger partial charge in [-0.2, -0.15) is 0 Å². The highest BCUT2D eigenvalue weighted by Crippen LogP contribution is 2.32. The average Bonchev–Trinajstić information content (AvgIpc) is 1.97. The highest BCUT2D eigenvalue weighted by atomic mass is 14.6. The van der Waals surface area contributed by atoms with Gasteiger partial charge < -0.3 is 5.73 Å². The molecule has 2 N–H and O–H groups in total. The summed E-state index contributed by atoms with van der Waals surface area (Å²) in [5.74, 6) is 1.53. The Hall–Kier alpha value is -0.300. The SMILES string of the molecule is CC1=C(C)CC(CN)C(C)C1. The molecular formula is C10H19N. The third-order valence-electron chi connectivity index (χ3n) is 3.03. The molecule has 2 atom stereocenters. The van der Waals surface area contributed by atoms with E-state index in [-0.39, 0.29) is 0 Å². The molecule has 0 radical (unpaired) electrons. The standard InChI is InChI=1S/C10H19N/c1-7-4-9(3)10(6-11)5-8(7)2/h9-10H,4-6,11H2,1-3H3. The fraction of sp³-hybridized carbons (Fsp3) is 0.800. The van der Waals surface area contributed by atoms with Gasteiger partial charge in [0.15, 0.2) is 0 Å². The van der Waals surface area contributed by atoms with Crippen LogP contribution in [-0.2, 0) is 0 Å². The van der Waals surface area contributed by atoms with Crippen LogP contribution in [0.15, 0.2) is 11.1 Å². The van der Waals surface area contributed by atoms with E-state index < -0.39 is 0 Å². The van der Waals surface area contributed by atoms with Crippen LogP contribution in [0, 0.1) is 11.8 Å². The van der Waals surface area contributed by atoms with Crippen molar-refractivity contribution in [1.82, 2.24) is 0 Å². The molecule has 1 nitrogen and oxygen atoms in total. The lowest BCUT2D eigenvalue weighted by molar-refractivity contribution is 0.339. The molecule has 0 aromatic heterocycles. The van der Waals surface area contributed by atoms with E-state index in [9.17, 15) is 0 Å². The normalized spacial score (nSPS) is 32.7. The van der Waals surface area contributed by atoms with Crippen LogP contribution in [0.3, 0.4) is 0 Å². The van der Waals surface area contributed by atoms with Crippen molar-refractivity contribution in [2.24, 2.45) is 17.6 Å². The van der Waals surface area contributed by atoms with Gasteiger partial charge in [0.1, 0.15) is 0 Å². The second-order valence-electron chi connectivity index (χ2n) is 3.94. The van der Waals surface area contributed by atoms with Gasteiger partial charge in [0, 0.05) is 0 Å². The van der Waals surface area contributed by atoms with Gasteiger partial charge in [-0.25, -0.2) is 0 Å². The Labute approximate surface area is 69.7 Å². The van der Waals surface area contributed by atoms with E-state index in [1.165, 1.54) is 12.8 Å². The third kappa shape index (κ3) is 1.84. The van der Waals surface area contributed by atoms with Gasteiger partial charge in [-0.15, -0.1) is 0 Å². The zero-order valence-corrected chi connectivity index (χ0v) is 7.85. The second kappa shape index (κ2) is 3.40. The third-order valence-corrected chi connectivity index (χ3v) is 3.03. The first-order valence-corrected chi connectivity index (χ1v) is 4.50. The van der Waals surface area contributed by atoms with Crippen molar-refractivity contribution in [3.8, 4) is 0 Å². The first kappa shape index (κ1) is 8.79. The monoisotopic (exact) mass is 153 g/mol. The quantitative estimate of drug-likeness (QED) is 0.575. The fourth-order valence-corrected chi connectivity index (χ4v) is 1.91. The van der Waals surface area contributed by atoms with Crippen molar-refractivity contribution in [3.05, 3.63) is 11.1 Å². The number of allylic oxidation sites excluding steroid dienone is 2. The molecule has 1 heteroatoms. The topological polar surface area (TPSA) is 26.0 Å². The molecule has 64 valence electrons. The number of hydrogen-bond donors (Lipinski definition) is 1. The van der Waals surface area contributed by atoms with Crippen molar-refractivity contribution in [1.29, 1.82) is 0 Å². The van der Waals surface area contributed by atoms with Crippen LogP contribution in [0.5, 0.6) is 0 Å². The molecule has 0 saturated heterocycles. The van der Waals surface area contributed by atoms with Crippen molar-refractivity contribution >= 4 is 0 Å². The lowest BCUT2D eigenvalue weighted by Gasteiger charge is -2.29. The van der Waals surface area contributed by atoms with E-state index in [0.29, 0.717) is 0 Å². The zero-order valence-electron chi connectivity index (χ0n) is 7.85. The summed E-state index contributed by atoms with van der Waals surface area (Å²) in [6.45, 7) is 7.65. The molecule has 11 heavy (non-hydrogen) atoms. The molecule has 0 amide bonds. The smallest absolute Gasteiger partial charge is 0.00431 e. The summed E-state index contributed by atoms with van der Waals surface area (Å²) in [5.41, 5.74) is 8.83. The Kier molecular flexibility index (Phi) is 2.72. The molecule has 0 saturated carbocycles. The predicted molar refractivity (Wildman–Crippen MR) is 49.3 cm³/mol. The van der Waals surface area contributed by atoms with Crippen LogP contribution >= 0.6 is 0 Å². The molecule has 2 unspecified atom stereocenters. The van der Waals surface area contributed by atoms with Crippen LogP contribution in [0.4, 0.5) is 0 Å². The summed E-state index contributed by atoms with van der Waals surface area (Å²) in [6, 6.07) is 0. The van der Waals surface area contributed by atoms with Gasteiger partial charge >= 0.3 is 0 Å². The van der Waals surface area contributed by atoms with Gasteiger partial charge in [0.05, 0.1) is 0 Å². The summed E-state index contributed by atoms with van der Waals surface area (Å²) < 4.78 is 0. The second-order valence-corrected chi connectivity index (χ2v) is 3.94. The Morgan fingerprint density at radius 3 is 2.36 bits per heavy atom. The van der Waals surface area contributed by atoms with E-state index in [2.05, 4.69) is 20.8 Å². The first-order valence-electron chi connectivity index (χ1n) is 4.50. The number of nitrogens with two attached hydrogens (primary N) is 1. The van der Waals surface area contributed by atoms with Crippen molar-refractivity contribution < 1.29 is 0 Å². The van der Waals surface area contributed by atoms with Gasteiger partial charge in [0.25, 0.3) is 0 Å². The van der Waals surface area contributed by atoms with Gasteiger partial charge in [-0.1, -0.05) is 18.1 Å². The maximum absolute atomic E-state index is 5.68. The molecule has 1 aliphatic rings. The van der Waals surface area contributed by atoms with Crippen LogP contribution < -0.4 is 5.73 Å². The number of hydrogen-bond acceptors (Lipinski definition) is 1. The van der Waals surface area contributed by atoms with E-state index in [1.807, 2.05) is 0 Å². The molecule has 0 spiro atoms. The van der Waals surface area contributed by atoms with E-state index in [4.69, 9.17) is 5.73 Å². The van der Waals surface area contributed by atoms with Crippen LogP contribution in [-0.4, -0.2) is 6.54 Å².